The van der Waals surface area contributed by atoms with Gasteiger partial charge < -0.3 is 8.98 Å². The van der Waals surface area contributed by atoms with Crippen LogP contribution in [0.3, 0.4) is 0 Å². The van der Waals surface area contributed by atoms with Crippen molar-refractivity contribution in [3.63, 3.8) is 0 Å². The van der Waals surface area contributed by atoms with E-state index >= 15 is 0 Å². The summed E-state index contributed by atoms with van der Waals surface area (Å²) in [6.07, 6.45) is 5.41. The molecule has 0 spiro atoms. The molecule has 0 saturated heterocycles. The first-order chi connectivity index (χ1) is 8.40. The van der Waals surface area contributed by atoms with Crippen LogP contribution in [-0.4, -0.2) is 9.55 Å². The van der Waals surface area contributed by atoms with Crippen LogP contribution in [0, 0.1) is 11.3 Å². The third-order valence-electron chi connectivity index (χ3n) is 3.19. The summed E-state index contributed by atoms with van der Waals surface area (Å²) in [5, 5.41) is 8.84. The number of furan rings is 1. The van der Waals surface area contributed by atoms with E-state index in [9.17, 15) is 0 Å². The second-order valence-corrected chi connectivity index (χ2v) is 4.25. The number of rotatable bonds is 2. The van der Waals surface area contributed by atoms with Crippen LogP contribution in [0.1, 0.15) is 24.2 Å². The largest absolute Gasteiger partial charge is 0.461 e. The summed E-state index contributed by atoms with van der Waals surface area (Å²) in [7, 11) is 0. The Labute approximate surface area is 99.5 Å². The van der Waals surface area contributed by atoms with Crippen molar-refractivity contribution in [2.75, 3.05) is 0 Å². The first-order valence-corrected chi connectivity index (χ1v) is 5.89. The average molecular weight is 227 g/mol. The summed E-state index contributed by atoms with van der Waals surface area (Å²) in [4.78, 5) is 4.57. The topological polar surface area (TPSA) is 54.8 Å². The zero-order chi connectivity index (χ0) is 11.7. The van der Waals surface area contributed by atoms with Crippen molar-refractivity contribution in [1.82, 2.24) is 9.55 Å². The molecular formula is C13H13N3O. The van der Waals surface area contributed by atoms with Crippen LogP contribution in [0.2, 0.25) is 0 Å². The highest BCUT2D eigenvalue weighted by molar-refractivity contribution is 5.50. The second kappa shape index (κ2) is 4.10. The molecule has 0 aliphatic carbocycles. The highest BCUT2D eigenvalue weighted by Crippen LogP contribution is 2.27. The van der Waals surface area contributed by atoms with Gasteiger partial charge in [0.25, 0.3) is 0 Å². The molecule has 3 heterocycles. The van der Waals surface area contributed by atoms with Gasteiger partial charge in [0.2, 0.25) is 0 Å². The number of hydrogen-bond acceptors (Lipinski definition) is 3. The van der Waals surface area contributed by atoms with Gasteiger partial charge in [0, 0.05) is 12.2 Å². The molecule has 0 unspecified atom stereocenters. The molecule has 86 valence electrons. The molecule has 0 N–H and O–H groups in total. The molecule has 0 atom stereocenters. The highest BCUT2D eigenvalue weighted by atomic mass is 16.3. The Morgan fingerprint density at radius 3 is 3.18 bits per heavy atom. The van der Waals surface area contributed by atoms with Crippen molar-refractivity contribution in [2.24, 2.45) is 0 Å². The van der Waals surface area contributed by atoms with Gasteiger partial charge in [-0.2, -0.15) is 5.26 Å². The molecule has 4 heteroatoms. The standard InChI is InChI=1S/C13H13N3O/c14-7-6-10-11-4-1-2-8-16(11)13(15-10)12-5-3-9-17-12/h3,5,9H,1-2,4,6,8H2. The van der Waals surface area contributed by atoms with Crippen molar-refractivity contribution in [1.29, 1.82) is 5.26 Å². The third-order valence-corrected chi connectivity index (χ3v) is 3.19. The molecule has 4 nitrogen and oxygen atoms in total. The molecule has 3 rings (SSSR count). The van der Waals surface area contributed by atoms with Crippen LogP contribution in [0.15, 0.2) is 22.8 Å². The number of aromatic nitrogens is 2. The Balaban J connectivity index is 2.13. The third kappa shape index (κ3) is 1.64. The monoisotopic (exact) mass is 227 g/mol. The number of nitrogens with zero attached hydrogens (tertiary/aromatic N) is 3. The van der Waals surface area contributed by atoms with Gasteiger partial charge in [-0.05, 0) is 31.4 Å². The Bertz CT molecular complexity index is 560. The number of imidazole rings is 1. The van der Waals surface area contributed by atoms with Crippen molar-refractivity contribution < 1.29 is 4.42 Å². The van der Waals surface area contributed by atoms with E-state index in [1.165, 1.54) is 18.5 Å². The molecule has 0 saturated carbocycles. The Kier molecular flexibility index (Phi) is 2.45. The van der Waals surface area contributed by atoms with Gasteiger partial charge >= 0.3 is 0 Å². The first-order valence-electron chi connectivity index (χ1n) is 5.89. The maximum Gasteiger partial charge on any atom is 0.176 e. The van der Waals surface area contributed by atoms with Crippen molar-refractivity contribution in [2.45, 2.75) is 32.2 Å². The van der Waals surface area contributed by atoms with E-state index in [4.69, 9.17) is 9.68 Å². The molecule has 17 heavy (non-hydrogen) atoms. The maximum absolute atomic E-state index is 8.84. The lowest BCUT2D eigenvalue weighted by atomic mass is 10.1. The van der Waals surface area contributed by atoms with Crippen LogP contribution in [0.5, 0.6) is 0 Å². The fourth-order valence-corrected chi connectivity index (χ4v) is 2.43. The van der Waals surface area contributed by atoms with Gasteiger partial charge in [0.05, 0.1) is 24.4 Å². The second-order valence-electron chi connectivity index (χ2n) is 4.25. The molecule has 0 fully saturated rings. The van der Waals surface area contributed by atoms with E-state index in [1.54, 1.807) is 6.26 Å². The molecule has 0 amide bonds. The summed E-state index contributed by atoms with van der Waals surface area (Å²) in [6, 6.07) is 5.97. The van der Waals surface area contributed by atoms with Crippen molar-refractivity contribution >= 4 is 0 Å². The van der Waals surface area contributed by atoms with Gasteiger partial charge in [0.1, 0.15) is 0 Å². The zero-order valence-corrected chi connectivity index (χ0v) is 9.52. The molecule has 0 aromatic carbocycles. The fourth-order valence-electron chi connectivity index (χ4n) is 2.43. The molecule has 0 radical (unpaired) electrons. The molecule has 0 bridgehead atoms. The van der Waals surface area contributed by atoms with Crippen LogP contribution in [0.25, 0.3) is 11.6 Å². The van der Waals surface area contributed by atoms with Gasteiger partial charge in [-0.15, -0.1) is 0 Å². The molecule has 1 aliphatic rings. The lowest BCUT2D eigenvalue weighted by molar-refractivity contribution is 0.519. The molecule has 2 aromatic heterocycles. The lowest BCUT2D eigenvalue weighted by Crippen LogP contribution is -2.11. The predicted octanol–water partition coefficient (Wildman–Crippen LogP) is 2.55. The van der Waals surface area contributed by atoms with E-state index in [2.05, 4.69) is 15.6 Å². The van der Waals surface area contributed by atoms with E-state index in [-0.39, 0.29) is 0 Å². The maximum atomic E-state index is 8.84. The normalized spacial score (nSPS) is 14.3. The van der Waals surface area contributed by atoms with Gasteiger partial charge in [-0.25, -0.2) is 4.98 Å². The van der Waals surface area contributed by atoms with Crippen LogP contribution >= 0.6 is 0 Å². The minimum Gasteiger partial charge on any atom is -0.461 e. The van der Waals surface area contributed by atoms with Gasteiger partial charge in [-0.1, -0.05) is 0 Å². The van der Waals surface area contributed by atoms with Crippen LogP contribution in [-0.2, 0) is 19.4 Å². The Hall–Kier alpha value is -2.02. The van der Waals surface area contributed by atoms with Gasteiger partial charge in [0.15, 0.2) is 11.6 Å². The highest BCUT2D eigenvalue weighted by Gasteiger charge is 2.21. The van der Waals surface area contributed by atoms with Crippen LogP contribution in [0.4, 0.5) is 0 Å². The average Bonchev–Trinajstić information content (AvgIpc) is 2.97. The molecular weight excluding hydrogens is 214 g/mol. The summed E-state index contributed by atoms with van der Waals surface area (Å²) in [5.74, 6) is 1.66. The lowest BCUT2D eigenvalue weighted by Gasteiger charge is -2.16. The number of fused-ring (bicyclic) bond motifs is 1. The summed E-state index contributed by atoms with van der Waals surface area (Å²) in [6.45, 7) is 0.976. The minimum absolute atomic E-state index is 0.385. The Morgan fingerprint density at radius 2 is 2.41 bits per heavy atom. The van der Waals surface area contributed by atoms with E-state index in [0.29, 0.717) is 6.42 Å². The molecule has 1 aliphatic heterocycles. The summed E-state index contributed by atoms with van der Waals surface area (Å²) >= 11 is 0. The van der Waals surface area contributed by atoms with E-state index in [1.807, 2.05) is 12.1 Å². The van der Waals surface area contributed by atoms with Gasteiger partial charge in [-0.3, -0.25) is 0 Å². The summed E-state index contributed by atoms with van der Waals surface area (Å²) < 4.78 is 7.61. The van der Waals surface area contributed by atoms with Crippen LogP contribution < -0.4 is 0 Å². The first kappa shape index (κ1) is 10.2. The smallest absolute Gasteiger partial charge is 0.176 e. The summed E-state index contributed by atoms with van der Waals surface area (Å²) in [5.41, 5.74) is 2.13. The minimum atomic E-state index is 0.385. The number of nitriles is 1. The quantitative estimate of drug-likeness (QED) is 0.792. The van der Waals surface area contributed by atoms with E-state index in [0.717, 1.165) is 30.2 Å². The Morgan fingerprint density at radius 1 is 1.47 bits per heavy atom. The van der Waals surface area contributed by atoms with Crippen molar-refractivity contribution in [3.8, 4) is 17.7 Å². The SMILES string of the molecule is N#CCc1nc(-c2ccco2)n2c1CCCC2. The molecule has 2 aromatic rings. The number of hydrogen-bond donors (Lipinski definition) is 0. The fraction of sp³-hybridized carbons (Fsp3) is 0.385. The van der Waals surface area contributed by atoms with E-state index < -0.39 is 0 Å². The van der Waals surface area contributed by atoms with Crippen molar-refractivity contribution in [3.05, 3.63) is 29.8 Å². The zero-order valence-electron chi connectivity index (χ0n) is 9.52. The predicted molar refractivity (Wildman–Crippen MR) is 62.2 cm³/mol.